The number of carbonyl (C=O) groups is 1. The van der Waals surface area contributed by atoms with Crippen molar-refractivity contribution in [1.82, 2.24) is 0 Å². The second-order valence-corrected chi connectivity index (χ2v) is 4.89. The van der Waals surface area contributed by atoms with Crippen LogP contribution in [0.25, 0.3) is 0 Å². The van der Waals surface area contributed by atoms with Gasteiger partial charge in [-0.15, -0.1) is 0 Å². The third kappa shape index (κ3) is 1.87. The Morgan fingerprint density at radius 2 is 2.33 bits per heavy atom. The van der Waals surface area contributed by atoms with Crippen molar-refractivity contribution in [1.29, 1.82) is 0 Å². The summed E-state index contributed by atoms with van der Waals surface area (Å²) in [6.07, 6.45) is 7.29. The van der Waals surface area contributed by atoms with E-state index in [-0.39, 0.29) is 5.41 Å². The highest BCUT2D eigenvalue weighted by molar-refractivity contribution is 5.91. The van der Waals surface area contributed by atoms with Gasteiger partial charge >= 0.3 is 0 Å². The molecular weight excluding hydrogens is 188 g/mol. The summed E-state index contributed by atoms with van der Waals surface area (Å²) in [6.45, 7) is 5.10. The van der Waals surface area contributed by atoms with Crippen LogP contribution in [0.4, 0.5) is 0 Å². The Bertz CT molecular complexity index is 291. The number of hydrogen-bond acceptors (Lipinski definition) is 2. The summed E-state index contributed by atoms with van der Waals surface area (Å²) >= 11 is 0. The van der Waals surface area contributed by atoms with E-state index in [9.17, 15) is 4.79 Å². The van der Waals surface area contributed by atoms with Crippen LogP contribution in [0.1, 0.15) is 46.0 Å². The summed E-state index contributed by atoms with van der Waals surface area (Å²) in [5.74, 6) is 0.305. The highest BCUT2D eigenvalue weighted by Crippen LogP contribution is 2.47. The van der Waals surface area contributed by atoms with Crippen LogP contribution >= 0.6 is 0 Å². The molecule has 0 unspecified atom stereocenters. The molecule has 0 aromatic carbocycles. The first kappa shape index (κ1) is 10.9. The molecule has 1 saturated carbocycles. The molecule has 0 aromatic rings. The molecule has 2 heteroatoms. The van der Waals surface area contributed by atoms with E-state index in [0.29, 0.717) is 18.3 Å². The highest BCUT2D eigenvalue weighted by atomic mass is 16.5. The third-order valence-electron chi connectivity index (χ3n) is 3.95. The Balaban J connectivity index is 2.25. The lowest BCUT2D eigenvalue weighted by Gasteiger charge is -2.45. The monoisotopic (exact) mass is 208 g/mol. The average molecular weight is 208 g/mol. The second-order valence-electron chi connectivity index (χ2n) is 4.89. The van der Waals surface area contributed by atoms with Gasteiger partial charge in [-0.1, -0.05) is 12.5 Å². The van der Waals surface area contributed by atoms with Crippen molar-refractivity contribution >= 4 is 5.78 Å². The van der Waals surface area contributed by atoms with Crippen LogP contribution in [-0.4, -0.2) is 18.5 Å². The van der Waals surface area contributed by atoms with Crippen molar-refractivity contribution in [3.8, 4) is 0 Å². The fourth-order valence-corrected chi connectivity index (χ4v) is 2.97. The zero-order chi connectivity index (χ0) is 10.9. The normalized spacial score (nSPS) is 36.0. The lowest BCUT2D eigenvalue weighted by atomic mass is 9.64. The van der Waals surface area contributed by atoms with Crippen molar-refractivity contribution < 1.29 is 9.53 Å². The molecule has 0 bridgehead atoms. The van der Waals surface area contributed by atoms with Crippen molar-refractivity contribution in [3.63, 3.8) is 0 Å². The Morgan fingerprint density at radius 3 is 3.07 bits per heavy atom. The van der Waals surface area contributed by atoms with Crippen LogP contribution < -0.4 is 0 Å². The van der Waals surface area contributed by atoms with Crippen LogP contribution in [0.15, 0.2) is 11.6 Å². The van der Waals surface area contributed by atoms with E-state index in [4.69, 9.17) is 4.74 Å². The molecule has 1 fully saturated rings. The lowest BCUT2D eigenvalue weighted by molar-refractivity contribution is -0.117. The second kappa shape index (κ2) is 4.09. The minimum absolute atomic E-state index is 0.141. The number of rotatable bonds is 2. The van der Waals surface area contributed by atoms with Gasteiger partial charge in [-0.3, -0.25) is 4.79 Å². The van der Waals surface area contributed by atoms with Gasteiger partial charge in [0.1, 0.15) is 0 Å². The first-order chi connectivity index (χ1) is 7.16. The van der Waals surface area contributed by atoms with Gasteiger partial charge in [0, 0.05) is 18.4 Å². The molecule has 2 aliphatic carbocycles. The minimum atomic E-state index is 0.141. The molecule has 0 saturated heterocycles. The standard InChI is InChI=1S/C13H20O2/c1-3-15-12-6-4-5-10-9-11(14)7-8-13(10,12)2/h9,12H,3-8H2,1-2H3/t12-,13-/m0/s1. The van der Waals surface area contributed by atoms with E-state index in [1.165, 1.54) is 12.0 Å². The predicted octanol–water partition coefficient (Wildman–Crippen LogP) is 2.87. The summed E-state index contributed by atoms with van der Waals surface area (Å²) in [5.41, 5.74) is 1.48. The molecule has 0 radical (unpaired) electrons. The largest absolute Gasteiger partial charge is 0.378 e. The van der Waals surface area contributed by atoms with Crippen LogP contribution in [0.5, 0.6) is 0 Å². The maximum atomic E-state index is 11.4. The minimum Gasteiger partial charge on any atom is -0.378 e. The molecule has 2 rings (SSSR count). The first-order valence-corrected chi connectivity index (χ1v) is 6.02. The molecule has 84 valence electrons. The topological polar surface area (TPSA) is 26.3 Å². The highest BCUT2D eigenvalue weighted by Gasteiger charge is 2.42. The number of hydrogen-bond donors (Lipinski definition) is 0. The fourth-order valence-electron chi connectivity index (χ4n) is 2.97. The van der Waals surface area contributed by atoms with Gasteiger partial charge in [0.2, 0.25) is 0 Å². The van der Waals surface area contributed by atoms with E-state index in [1.807, 2.05) is 6.08 Å². The fraction of sp³-hybridized carbons (Fsp3) is 0.769. The van der Waals surface area contributed by atoms with E-state index < -0.39 is 0 Å². The van der Waals surface area contributed by atoms with Crippen LogP contribution in [0.2, 0.25) is 0 Å². The number of fused-ring (bicyclic) bond motifs is 1. The summed E-state index contributed by atoms with van der Waals surface area (Å²) in [6, 6.07) is 0. The molecule has 0 amide bonds. The van der Waals surface area contributed by atoms with Crippen LogP contribution in [0, 0.1) is 5.41 Å². The number of allylic oxidation sites excluding steroid dienone is 1. The van der Waals surface area contributed by atoms with Crippen molar-refractivity contribution in [2.24, 2.45) is 5.41 Å². The van der Waals surface area contributed by atoms with Crippen molar-refractivity contribution in [2.45, 2.75) is 52.1 Å². The summed E-state index contributed by atoms with van der Waals surface area (Å²) in [4.78, 5) is 11.4. The predicted molar refractivity (Wildman–Crippen MR) is 59.7 cm³/mol. The van der Waals surface area contributed by atoms with Gasteiger partial charge < -0.3 is 4.74 Å². The number of ether oxygens (including phenoxy) is 1. The van der Waals surface area contributed by atoms with Crippen molar-refractivity contribution in [3.05, 3.63) is 11.6 Å². The van der Waals surface area contributed by atoms with Gasteiger partial charge in [0.25, 0.3) is 0 Å². The van der Waals surface area contributed by atoms with Crippen LogP contribution in [-0.2, 0) is 9.53 Å². The smallest absolute Gasteiger partial charge is 0.155 e. The maximum absolute atomic E-state index is 11.4. The molecule has 0 aromatic heterocycles. The summed E-state index contributed by atoms with van der Waals surface area (Å²) in [7, 11) is 0. The molecule has 0 N–H and O–H groups in total. The quantitative estimate of drug-likeness (QED) is 0.697. The SMILES string of the molecule is CCO[C@H]1CCCC2=CC(=O)CC[C@@]21C. The third-order valence-corrected chi connectivity index (χ3v) is 3.95. The molecule has 0 spiro atoms. The number of ketones is 1. The van der Waals surface area contributed by atoms with Gasteiger partial charge in [-0.2, -0.15) is 0 Å². The zero-order valence-corrected chi connectivity index (χ0v) is 9.71. The molecule has 0 aliphatic heterocycles. The number of carbonyl (C=O) groups excluding carboxylic acids is 1. The Labute approximate surface area is 91.7 Å². The van der Waals surface area contributed by atoms with Gasteiger partial charge in [-0.05, 0) is 38.7 Å². The van der Waals surface area contributed by atoms with Crippen LogP contribution in [0.3, 0.4) is 0 Å². The first-order valence-electron chi connectivity index (χ1n) is 6.02. The van der Waals surface area contributed by atoms with E-state index in [0.717, 1.165) is 25.9 Å². The van der Waals surface area contributed by atoms with Gasteiger partial charge in [-0.25, -0.2) is 0 Å². The maximum Gasteiger partial charge on any atom is 0.155 e. The molecule has 2 aliphatic rings. The molecule has 15 heavy (non-hydrogen) atoms. The Hall–Kier alpha value is -0.630. The van der Waals surface area contributed by atoms with E-state index in [1.54, 1.807) is 0 Å². The summed E-state index contributed by atoms with van der Waals surface area (Å²) in [5, 5.41) is 0. The van der Waals surface area contributed by atoms with E-state index in [2.05, 4.69) is 13.8 Å². The Kier molecular flexibility index (Phi) is 2.96. The molecule has 2 atom stereocenters. The zero-order valence-electron chi connectivity index (χ0n) is 9.71. The lowest BCUT2D eigenvalue weighted by Crippen LogP contribution is -2.41. The van der Waals surface area contributed by atoms with Crippen molar-refractivity contribution in [2.75, 3.05) is 6.61 Å². The van der Waals surface area contributed by atoms with Gasteiger partial charge in [0.05, 0.1) is 6.10 Å². The van der Waals surface area contributed by atoms with Gasteiger partial charge in [0.15, 0.2) is 5.78 Å². The Morgan fingerprint density at radius 1 is 1.53 bits per heavy atom. The molecule has 2 nitrogen and oxygen atoms in total. The molecule has 0 heterocycles. The summed E-state index contributed by atoms with van der Waals surface area (Å²) < 4.78 is 5.84. The molecular formula is C13H20O2. The van der Waals surface area contributed by atoms with E-state index >= 15 is 0 Å². The average Bonchev–Trinajstić information content (AvgIpc) is 2.21.